The Balaban J connectivity index is 2.80. The van der Waals surface area contributed by atoms with Crippen LogP contribution in [0.4, 0.5) is 13.6 Å². The Labute approximate surface area is 115 Å². The molecule has 0 aromatic heterocycles. The van der Waals surface area contributed by atoms with Crippen molar-refractivity contribution in [2.75, 3.05) is 18.4 Å². The van der Waals surface area contributed by atoms with E-state index in [0.717, 1.165) is 4.90 Å². The number of nitrogens with zero attached hydrogens (tertiary/aromatic N) is 1. The van der Waals surface area contributed by atoms with Crippen LogP contribution in [-0.4, -0.2) is 40.9 Å². The van der Waals surface area contributed by atoms with Crippen LogP contribution in [-0.2, 0) is 4.74 Å². The summed E-state index contributed by atoms with van der Waals surface area (Å²) in [4.78, 5) is 13.0. The third-order valence-electron chi connectivity index (χ3n) is 2.65. The number of amides is 1. The van der Waals surface area contributed by atoms with Gasteiger partial charge in [0, 0.05) is 23.7 Å². The van der Waals surface area contributed by atoms with Gasteiger partial charge in [0.2, 0.25) is 0 Å². The van der Waals surface area contributed by atoms with E-state index in [1.165, 1.54) is 0 Å². The van der Waals surface area contributed by atoms with Gasteiger partial charge >= 0.3 is 6.09 Å². The zero-order valence-corrected chi connectivity index (χ0v) is 12.8. The van der Waals surface area contributed by atoms with Gasteiger partial charge in [-0.05, 0) is 20.8 Å². The molecule has 0 radical (unpaired) electrons. The molecule has 0 bridgehead atoms. The second-order valence-corrected chi connectivity index (χ2v) is 6.87. The lowest BCUT2D eigenvalue weighted by Gasteiger charge is -2.43. The molecule has 1 aliphatic heterocycles. The molecule has 0 aromatic carbocycles. The molecule has 1 heterocycles. The Kier molecular flexibility index (Phi) is 4.30. The van der Waals surface area contributed by atoms with Crippen LogP contribution in [0.25, 0.3) is 0 Å². The van der Waals surface area contributed by atoms with E-state index in [4.69, 9.17) is 4.74 Å². The maximum absolute atomic E-state index is 13.7. The van der Waals surface area contributed by atoms with Crippen LogP contribution < -0.4 is 0 Å². The molecule has 0 aliphatic carbocycles. The van der Waals surface area contributed by atoms with Crippen molar-refractivity contribution in [1.29, 1.82) is 0 Å². The van der Waals surface area contributed by atoms with E-state index in [0.29, 0.717) is 5.33 Å². The van der Waals surface area contributed by atoms with Gasteiger partial charge in [0.1, 0.15) is 5.60 Å². The lowest BCUT2D eigenvalue weighted by Crippen LogP contribution is -2.55. The number of likely N-dealkylation sites (tertiary alicyclic amines) is 1. The number of hydrogen-bond donors (Lipinski definition) is 0. The fraction of sp³-hybridized carbons (Fsp3) is 0.917. The Bertz CT molecular complexity index is 331. The SMILES string of the molecule is CC1(CBr)CN(C(=O)OC(C)(C)C)CC(F)(F)C1. The normalized spacial score (nSPS) is 28.1. The molecule has 3 nitrogen and oxygen atoms in total. The number of ether oxygens (including phenoxy) is 1. The van der Waals surface area contributed by atoms with Crippen LogP contribution in [0.3, 0.4) is 0 Å². The summed E-state index contributed by atoms with van der Waals surface area (Å²) in [7, 11) is 0. The highest BCUT2D eigenvalue weighted by Crippen LogP contribution is 2.40. The third kappa shape index (κ3) is 4.37. The number of hydrogen-bond acceptors (Lipinski definition) is 2. The summed E-state index contributed by atoms with van der Waals surface area (Å²) >= 11 is 3.24. The average Bonchev–Trinajstić information content (AvgIpc) is 2.12. The summed E-state index contributed by atoms with van der Waals surface area (Å²) in [6, 6.07) is 0. The summed E-state index contributed by atoms with van der Waals surface area (Å²) < 4.78 is 32.5. The number of alkyl halides is 3. The van der Waals surface area contributed by atoms with Crippen molar-refractivity contribution in [3.8, 4) is 0 Å². The van der Waals surface area contributed by atoms with Crippen molar-refractivity contribution >= 4 is 22.0 Å². The highest BCUT2D eigenvalue weighted by molar-refractivity contribution is 9.09. The average molecular weight is 328 g/mol. The first-order chi connectivity index (χ1) is 7.96. The molecule has 1 fully saturated rings. The minimum Gasteiger partial charge on any atom is -0.444 e. The van der Waals surface area contributed by atoms with Crippen LogP contribution in [0.15, 0.2) is 0 Å². The first-order valence-corrected chi connectivity index (χ1v) is 7.00. The van der Waals surface area contributed by atoms with Crippen molar-refractivity contribution in [2.24, 2.45) is 5.41 Å². The van der Waals surface area contributed by atoms with Crippen LogP contribution in [0.1, 0.15) is 34.1 Å². The van der Waals surface area contributed by atoms with Crippen LogP contribution >= 0.6 is 15.9 Å². The fourth-order valence-electron chi connectivity index (χ4n) is 2.08. The first-order valence-electron chi connectivity index (χ1n) is 5.88. The van der Waals surface area contributed by atoms with Crippen molar-refractivity contribution in [3.05, 3.63) is 0 Å². The van der Waals surface area contributed by atoms with E-state index >= 15 is 0 Å². The Morgan fingerprint density at radius 2 is 1.94 bits per heavy atom. The summed E-state index contributed by atoms with van der Waals surface area (Å²) in [6.07, 6.45) is -0.890. The maximum atomic E-state index is 13.7. The number of carbonyl (C=O) groups is 1. The topological polar surface area (TPSA) is 29.5 Å². The van der Waals surface area contributed by atoms with E-state index in [-0.39, 0.29) is 13.0 Å². The van der Waals surface area contributed by atoms with Gasteiger partial charge in [-0.1, -0.05) is 22.9 Å². The number of piperidine rings is 1. The predicted molar refractivity (Wildman–Crippen MR) is 69.3 cm³/mol. The second-order valence-electron chi connectivity index (χ2n) is 6.31. The smallest absolute Gasteiger partial charge is 0.410 e. The number of rotatable bonds is 1. The quantitative estimate of drug-likeness (QED) is 0.688. The summed E-state index contributed by atoms with van der Waals surface area (Å²) in [6.45, 7) is 6.61. The summed E-state index contributed by atoms with van der Waals surface area (Å²) in [5.41, 5.74) is -1.30. The van der Waals surface area contributed by atoms with Crippen molar-refractivity contribution in [1.82, 2.24) is 4.90 Å². The zero-order valence-electron chi connectivity index (χ0n) is 11.2. The lowest BCUT2D eigenvalue weighted by molar-refractivity contribution is -0.104. The minimum atomic E-state index is -2.86. The maximum Gasteiger partial charge on any atom is 0.410 e. The second kappa shape index (κ2) is 4.94. The monoisotopic (exact) mass is 327 g/mol. The van der Waals surface area contributed by atoms with Crippen LogP contribution in [0.2, 0.25) is 0 Å². The first kappa shape index (κ1) is 15.7. The van der Waals surface area contributed by atoms with Crippen molar-refractivity contribution in [3.63, 3.8) is 0 Å². The Hall–Kier alpha value is -0.390. The van der Waals surface area contributed by atoms with E-state index in [1.807, 2.05) is 0 Å². The molecule has 1 unspecified atom stereocenters. The van der Waals surface area contributed by atoms with Gasteiger partial charge in [-0.3, -0.25) is 0 Å². The van der Waals surface area contributed by atoms with Crippen molar-refractivity contribution < 1.29 is 18.3 Å². The van der Waals surface area contributed by atoms with Gasteiger partial charge in [0.15, 0.2) is 0 Å². The lowest BCUT2D eigenvalue weighted by atomic mass is 9.82. The largest absolute Gasteiger partial charge is 0.444 e. The van der Waals surface area contributed by atoms with E-state index < -0.39 is 29.6 Å². The van der Waals surface area contributed by atoms with Crippen LogP contribution in [0.5, 0.6) is 0 Å². The van der Waals surface area contributed by atoms with Crippen LogP contribution in [0, 0.1) is 5.41 Å². The van der Waals surface area contributed by atoms with Gasteiger partial charge in [0.25, 0.3) is 5.92 Å². The molecule has 1 rings (SSSR count). The number of carbonyl (C=O) groups excluding carboxylic acids is 1. The Morgan fingerprint density at radius 3 is 2.39 bits per heavy atom. The number of halogens is 3. The molecule has 6 heteroatoms. The zero-order chi connectivity index (χ0) is 14.2. The third-order valence-corrected chi connectivity index (χ3v) is 4.01. The molecule has 0 aromatic rings. The molecular weight excluding hydrogens is 308 g/mol. The molecule has 18 heavy (non-hydrogen) atoms. The highest BCUT2D eigenvalue weighted by atomic mass is 79.9. The van der Waals surface area contributed by atoms with Crippen molar-refractivity contribution in [2.45, 2.75) is 45.6 Å². The van der Waals surface area contributed by atoms with Gasteiger partial charge in [0.05, 0.1) is 6.54 Å². The Morgan fingerprint density at radius 1 is 1.39 bits per heavy atom. The highest BCUT2D eigenvalue weighted by Gasteiger charge is 2.48. The van der Waals surface area contributed by atoms with Gasteiger partial charge in [-0.15, -0.1) is 0 Å². The molecule has 1 saturated heterocycles. The van der Waals surface area contributed by atoms with E-state index in [9.17, 15) is 13.6 Å². The molecule has 0 spiro atoms. The van der Waals surface area contributed by atoms with E-state index in [2.05, 4.69) is 15.9 Å². The minimum absolute atomic E-state index is 0.218. The molecule has 106 valence electrons. The van der Waals surface area contributed by atoms with E-state index in [1.54, 1.807) is 27.7 Å². The summed E-state index contributed by atoms with van der Waals surface area (Å²) in [5, 5.41) is 0.425. The van der Waals surface area contributed by atoms with Gasteiger partial charge in [-0.2, -0.15) is 0 Å². The molecule has 0 N–H and O–H groups in total. The fourth-order valence-corrected chi connectivity index (χ4v) is 2.45. The molecular formula is C12H20BrF2NO2. The standard InChI is InChI=1S/C12H20BrF2NO2/c1-10(2,3)18-9(17)16-7-11(4,6-13)5-12(14,15)8-16/h5-8H2,1-4H3. The van der Waals surface area contributed by atoms with Gasteiger partial charge < -0.3 is 9.64 Å². The van der Waals surface area contributed by atoms with Gasteiger partial charge in [-0.25, -0.2) is 13.6 Å². The summed E-state index contributed by atoms with van der Waals surface area (Å²) in [5.74, 6) is -2.86. The molecule has 1 atom stereocenters. The molecule has 1 aliphatic rings. The molecule has 1 amide bonds. The molecule has 0 saturated carbocycles. The predicted octanol–water partition coefficient (Wildman–Crippen LogP) is 3.66.